The fraction of sp³-hybridized carbons (Fsp3) is 0.278. The maximum Gasteiger partial charge on any atom is 0.338 e. The Labute approximate surface area is 156 Å². The molecule has 0 spiro atoms. The zero-order chi connectivity index (χ0) is 19.1. The van der Waals surface area contributed by atoms with Crippen molar-refractivity contribution in [1.82, 2.24) is 10.6 Å². The van der Waals surface area contributed by atoms with Crippen LogP contribution in [0.5, 0.6) is 0 Å². The van der Waals surface area contributed by atoms with Gasteiger partial charge in [-0.15, -0.1) is 0 Å². The molecule has 0 aliphatic carbocycles. The van der Waals surface area contributed by atoms with Gasteiger partial charge < -0.3 is 20.1 Å². The van der Waals surface area contributed by atoms with E-state index in [2.05, 4.69) is 10.6 Å². The molecule has 1 aliphatic heterocycles. The van der Waals surface area contributed by atoms with Crippen molar-refractivity contribution in [2.45, 2.75) is 19.9 Å². The van der Waals surface area contributed by atoms with Crippen molar-refractivity contribution in [1.29, 1.82) is 0 Å². The summed E-state index contributed by atoms with van der Waals surface area (Å²) in [5.74, 6) is -1.20. The van der Waals surface area contributed by atoms with E-state index in [4.69, 9.17) is 21.1 Å². The number of carbonyl (C=O) groups excluding carboxylic acids is 3. The van der Waals surface area contributed by atoms with Crippen LogP contribution < -0.4 is 10.6 Å². The second-order valence-corrected chi connectivity index (χ2v) is 5.87. The number of hydrogen-bond donors (Lipinski definition) is 2. The van der Waals surface area contributed by atoms with Gasteiger partial charge in [-0.25, -0.2) is 14.4 Å². The summed E-state index contributed by atoms with van der Waals surface area (Å²) in [5, 5.41) is 5.60. The van der Waals surface area contributed by atoms with Gasteiger partial charge in [-0.3, -0.25) is 0 Å². The highest BCUT2D eigenvalue weighted by Crippen LogP contribution is 2.15. The molecule has 0 radical (unpaired) electrons. The molecule has 0 saturated carbocycles. The smallest absolute Gasteiger partial charge is 0.338 e. The average molecular weight is 379 g/mol. The maximum atomic E-state index is 12.1. The predicted molar refractivity (Wildman–Crippen MR) is 96.2 cm³/mol. The van der Waals surface area contributed by atoms with Crippen molar-refractivity contribution in [3.63, 3.8) is 0 Å². The molecule has 1 atom stereocenters. The fourth-order valence-electron chi connectivity index (χ4n) is 2.36. The van der Waals surface area contributed by atoms with E-state index >= 15 is 0 Å². The molecule has 2 rings (SSSR count). The van der Waals surface area contributed by atoms with Gasteiger partial charge in [-0.05, 0) is 37.6 Å². The molecular formula is C18H19ClN2O5. The zero-order valence-electron chi connectivity index (χ0n) is 14.4. The summed E-state index contributed by atoms with van der Waals surface area (Å²) in [6.45, 7) is 3.26. The summed E-state index contributed by atoms with van der Waals surface area (Å²) >= 11 is 5.88. The quantitative estimate of drug-likeness (QED) is 0.585. The summed E-state index contributed by atoms with van der Waals surface area (Å²) < 4.78 is 10.1. The molecular weight excluding hydrogens is 360 g/mol. The van der Waals surface area contributed by atoms with Crippen molar-refractivity contribution < 1.29 is 23.9 Å². The third kappa shape index (κ3) is 5.35. The summed E-state index contributed by atoms with van der Waals surface area (Å²) in [6, 6.07) is 5.93. The number of hydrogen-bond acceptors (Lipinski definition) is 5. The van der Waals surface area contributed by atoms with Crippen LogP contribution in [0.3, 0.4) is 0 Å². The van der Waals surface area contributed by atoms with E-state index in [1.807, 2.05) is 0 Å². The SMILES string of the molecule is CCOC(=O)C1=C(COC(=O)/C=C/c2cccc(Cl)c2)NC(=O)N[C@@H]1C. The first-order chi connectivity index (χ1) is 12.4. The van der Waals surface area contributed by atoms with Gasteiger partial charge in [0.05, 0.1) is 23.9 Å². The van der Waals surface area contributed by atoms with Gasteiger partial charge in [0.2, 0.25) is 0 Å². The Morgan fingerprint density at radius 3 is 2.77 bits per heavy atom. The van der Waals surface area contributed by atoms with Gasteiger partial charge in [0, 0.05) is 11.1 Å². The number of amides is 2. The normalized spacial score (nSPS) is 16.9. The highest BCUT2D eigenvalue weighted by Gasteiger charge is 2.30. The van der Waals surface area contributed by atoms with Crippen molar-refractivity contribution in [2.24, 2.45) is 0 Å². The van der Waals surface area contributed by atoms with Gasteiger partial charge in [0.1, 0.15) is 6.61 Å². The molecule has 0 unspecified atom stereocenters. The van der Waals surface area contributed by atoms with E-state index in [0.717, 1.165) is 5.56 Å². The molecule has 26 heavy (non-hydrogen) atoms. The van der Waals surface area contributed by atoms with Crippen LogP contribution in [0.1, 0.15) is 19.4 Å². The Morgan fingerprint density at radius 1 is 1.31 bits per heavy atom. The lowest BCUT2D eigenvalue weighted by atomic mass is 10.0. The minimum atomic E-state index is -0.624. The van der Waals surface area contributed by atoms with Crippen LogP contribution >= 0.6 is 11.6 Å². The van der Waals surface area contributed by atoms with Crippen molar-refractivity contribution in [3.8, 4) is 0 Å². The number of nitrogens with one attached hydrogen (secondary N) is 2. The van der Waals surface area contributed by atoms with Crippen molar-refractivity contribution in [2.75, 3.05) is 13.2 Å². The minimum Gasteiger partial charge on any atom is -0.463 e. The maximum absolute atomic E-state index is 12.1. The molecule has 1 aliphatic rings. The third-order valence-corrected chi connectivity index (χ3v) is 3.72. The second-order valence-electron chi connectivity index (χ2n) is 5.43. The van der Waals surface area contributed by atoms with E-state index in [0.29, 0.717) is 5.02 Å². The highest BCUT2D eigenvalue weighted by molar-refractivity contribution is 6.30. The Hall–Kier alpha value is -2.80. The van der Waals surface area contributed by atoms with E-state index in [-0.39, 0.29) is 24.5 Å². The van der Waals surface area contributed by atoms with Gasteiger partial charge in [0.25, 0.3) is 0 Å². The Bertz CT molecular complexity index is 773. The number of ether oxygens (including phenoxy) is 2. The molecule has 0 fully saturated rings. The lowest BCUT2D eigenvalue weighted by Gasteiger charge is -2.26. The first-order valence-corrected chi connectivity index (χ1v) is 8.36. The first-order valence-electron chi connectivity index (χ1n) is 7.98. The number of esters is 2. The second kappa shape index (κ2) is 9.05. The van der Waals surface area contributed by atoms with E-state index in [1.165, 1.54) is 6.08 Å². The molecule has 7 nitrogen and oxygen atoms in total. The van der Waals surface area contributed by atoms with Crippen LogP contribution in [0.15, 0.2) is 41.6 Å². The number of benzene rings is 1. The number of rotatable bonds is 6. The van der Waals surface area contributed by atoms with Crippen LogP contribution in [-0.2, 0) is 19.1 Å². The van der Waals surface area contributed by atoms with Crippen LogP contribution in [-0.4, -0.2) is 37.2 Å². The molecule has 8 heteroatoms. The van der Waals surface area contributed by atoms with Crippen molar-refractivity contribution >= 4 is 35.6 Å². The number of urea groups is 1. The van der Waals surface area contributed by atoms with Crippen LogP contribution in [0.4, 0.5) is 4.79 Å². The summed E-state index contributed by atoms with van der Waals surface area (Å²) in [7, 11) is 0. The monoisotopic (exact) mass is 378 g/mol. The van der Waals surface area contributed by atoms with Gasteiger partial charge in [0.15, 0.2) is 0 Å². The Balaban J connectivity index is 2.06. The molecule has 2 amide bonds. The lowest BCUT2D eigenvalue weighted by Crippen LogP contribution is -2.50. The minimum absolute atomic E-state index is 0.193. The van der Waals surface area contributed by atoms with Gasteiger partial charge >= 0.3 is 18.0 Å². The lowest BCUT2D eigenvalue weighted by molar-refractivity contribution is -0.140. The Kier molecular flexibility index (Phi) is 6.80. The van der Waals surface area contributed by atoms with Crippen LogP contribution in [0.25, 0.3) is 6.08 Å². The van der Waals surface area contributed by atoms with Crippen molar-refractivity contribution in [3.05, 3.63) is 52.2 Å². The van der Waals surface area contributed by atoms with Crippen LogP contribution in [0, 0.1) is 0 Å². The molecule has 1 heterocycles. The average Bonchev–Trinajstić information content (AvgIpc) is 2.57. The zero-order valence-corrected chi connectivity index (χ0v) is 15.1. The first kappa shape index (κ1) is 19.5. The number of carbonyl (C=O) groups is 3. The van der Waals surface area contributed by atoms with Crippen LogP contribution in [0.2, 0.25) is 5.02 Å². The summed E-state index contributed by atoms with van der Waals surface area (Å²) in [4.78, 5) is 35.6. The van der Waals surface area contributed by atoms with E-state index in [1.54, 1.807) is 44.2 Å². The Morgan fingerprint density at radius 2 is 2.08 bits per heavy atom. The highest BCUT2D eigenvalue weighted by atomic mass is 35.5. The van der Waals surface area contributed by atoms with Gasteiger partial charge in [-0.1, -0.05) is 23.7 Å². The van der Waals surface area contributed by atoms with Gasteiger partial charge in [-0.2, -0.15) is 0 Å². The number of halogens is 1. The predicted octanol–water partition coefficient (Wildman–Crippen LogP) is 2.41. The molecule has 0 bridgehead atoms. The molecule has 1 aromatic rings. The molecule has 138 valence electrons. The molecule has 2 N–H and O–H groups in total. The largest absolute Gasteiger partial charge is 0.463 e. The molecule has 1 aromatic carbocycles. The van der Waals surface area contributed by atoms with E-state index < -0.39 is 24.0 Å². The third-order valence-electron chi connectivity index (χ3n) is 3.48. The standard InChI is InChI=1S/C18H19ClN2O5/c1-3-25-17(23)16-11(2)20-18(24)21-14(16)10-26-15(22)8-7-12-5-4-6-13(19)9-12/h4-9,11H,3,10H2,1-2H3,(H2,20,21,24)/b8-7+/t11-/m1/s1. The topological polar surface area (TPSA) is 93.7 Å². The summed E-state index contributed by atoms with van der Waals surface area (Å²) in [5.41, 5.74) is 1.16. The summed E-state index contributed by atoms with van der Waals surface area (Å²) in [6.07, 6.45) is 2.79. The van der Waals surface area contributed by atoms with E-state index in [9.17, 15) is 14.4 Å². The fourth-order valence-corrected chi connectivity index (χ4v) is 2.56. The molecule has 0 aromatic heterocycles. The molecule has 0 saturated heterocycles.